The van der Waals surface area contributed by atoms with E-state index in [0.29, 0.717) is 12.8 Å². The Labute approximate surface area is 160 Å². The van der Waals surface area contributed by atoms with Gasteiger partial charge in [-0.1, -0.05) is 49.8 Å². The van der Waals surface area contributed by atoms with Gasteiger partial charge in [-0.15, -0.1) is 0 Å². The van der Waals surface area contributed by atoms with Crippen molar-refractivity contribution >= 4 is 23.4 Å². The van der Waals surface area contributed by atoms with Gasteiger partial charge in [0.1, 0.15) is 12.0 Å². The minimum Gasteiger partial charge on any atom is -0.457 e. The summed E-state index contributed by atoms with van der Waals surface area (Å²) in [5.74, 6) is -2.73. The Morgan fingerprint density at radius 3 is 2.54 bits per heavy atom. The zero-order valence-corrected chi connectivity index (χ0v) is 16.7. The largest absolute Gasteiger partial charge is 0.457 e. The Hall–Kier alpha value is -1.43. The molecule has 0 aliphatic carbocycles. The van der Waals surface area contributed by atoms with Crippen molar-refractivity contribution in [1.82, 2.24) is 0 Å². The smallest absolute Gasteiger partial charge is 0.316 e. The molecule has 1 heterocycles. The first-order valence-electron chi connectivity index (χ1n) is 8.84. The second-order valence-corrected chi connectivity index (χ2v) is 7.61. The molecule has 0 aromatic heterocycles. The molecule has 0 fully saturated rings. The number of carbonyl (C=O) groups excluding carboxylic acids is 2. The van der Waals surface area contributed by atoms with Crippen LogP contribution in [0.2, 0.25) is 0 Å². The van der Waals surface area contributed by atoms with Crippen LogP contribution >= 0.6 is 11.6 Å². The fourth-order valence-corrected chi connectivity index (χ4v) is 3.50. The molecule has 26 heavy (non-hydrogen) atoms. The molecule has 0 amide bonds. The molecule has 146 valence electrons. The van der Waals surface area contributed by atoms with E-state index in [1.165, 1.54) is 6.92 Å². The minimum atomic E-state index is -2.13. The number of ketones is 1. The Morgan fingerprint density at radius 2 is 2.00 bits per heavy atom. The van der Waals surface area contributed by atoms with E-state index in [4.69, 9.17) is 16.3 Å². The molecular weight excluding hydrogens is 356 g/mol. The van der Waals surface area contributed by atoms with Crippen molar-refractivity contribution in [3.63, 3.8) is 0 Å². The fourth-order valence-electron chi connectivity index (χ4n) is 3.06. The second kappa shape index (κ2) is 9.49. The van der Waals surface area contributed by atoms with Crippen molar-refractivity contribution in [1.29, 1.82) is 0 Å². The third-order valence-electron chi connectivity index (χ3n) is 4.55. The molecule has 0 saturated carbocycles. The Morgan fingerprint density at radius 1 is 1.38 bits per heavy atom. The molecule has 0 aromatic rings. The monoisotopic (exact) mass is 384 g/mol. The molecule has 5 nitrogen and oxygen atoms in total. The Balaban J connectivity index is 3.32. The van der Waals surface area contributed by atoms with E-state index in [-0.39, 0.29) is 17.4 Å². The van der Waals surface area contributed by atoms with Crippen LogP contribution in [0.3, 0.4) is 0 Å². The molecule has 2 N–H and O–H groups in total. The lowest BCUT2D eigenvalue weighted by Crippen LogP contribution is -2.48. The van der Waals surface area contributed by atoms with Gasteiger partial charge in [-0.3, -0.25) is 9.59 Å². The zero-order valence-electron chi connectivity index (χ0n) is 15.9. The maximum absolute atomic E-state index is 12.6. The van der Waals surface area contributed by atoms with Crippen molar-refractivity contribution in [2.45, 2.75) is 58.7 Å². The van der Waals surface area contributed by atoms with Gasteiger partial charge in [0.15, 0.2) is 11.4 Å². The summed E-state index contributed by atoms with van der Waals surface area (Å²) in [5.41, 5.74) is -0.425. The first-order chi connectivity index (χ1) is 12.0. The van der Waals surface area contributed by atoms with E-state index in [2.05, 4.69) is 6.58 Å². The summed E-state index contributed by atoms with van der Waals surface area (Å²) in [4.78, 5) is 25.0. The molecular formula is C20H29ClO5. The van der Waals surface area contributed by atoms with Crippen LogP contribution in [0.4, 0.5) is 0 Å². The van der Waals surface area contributed by atoms with Gasteiger partial charge < -0.3 is 14.9 Å². The summed E-state index contributed by atoms with van der Waals surface area (Å²) in [5, 5.41) is 20.4. The van der Waals surface area contributed by atoms with E-state index in [0.717, 1.165) is 11.1 Å². The van der Waals surface area contributed by atoms with Gasteiger partial charge in [0.25, 0.3) is 0 Å². The number of rotatable bonds is 2. The SMILES string of the molecule is C=C1/C=C(\C)[C@H](CC)OC(=O)[C@H](C)C(=O)[C@@](O)(CO)C/C(Cl)=C\[C@@H](C)C1. The van der Waals surface area contributed by atoms with Gasteiger partial charge in [0.2, 0.25) is 0 Å². The van der Waals surface area contributed by atoms with Crippen LogP contribution < -0.4 is 0 Å². The van der Waals surface area contributed by atoms with Crippen LogP contribution in [0.25, 0.3) is 0 Å². The number of cyclic esters (lactones) is 1. The molecule has 0 unspecified atom stereocenters. The summed E-state index contributed by atoms with van der Waals surface area (Å²) < 4.78 is 5.47. The topological polar surface area (TPSA) is 83.8 Å². The number of carbonyl (C=O) groups is 2. The van der Waals surface area contributed by atoms with Crippen molar-refractivity contribution in [3.8, 4) is 0 Å². The van der Waals surface area contributed by atoms with Gasteiger partial charge in [-0.25, -0.2) is 0 Å². The number of halogens is 1. The molecule has 1 aliphatic heterocycles. The summed E-state index contributed by atoms with van der Waals surface area (Å²) in [7, 11) is 0. The summed E-state index contributed by atoms with van der Waals surface area (Å²) >= 11 is 6.19. The summed E-state index contributed by atoms with van der Waals surface area (Å²) in [6.45, 7) is 10.2. The molecule has 0 bridgehead atoms. The van der Waals surface area contributed by atoms with E-state index < -0.39 is 36.0 Å². The predicted octanol–water partition coefficient (Wildman–Crippen LogP) is 3.29. The van der Waals surface area contributed by atoms with Gasteiger partial charge in [-0.2, -0.15) is 0 Å². The highest BCUT2D eigenvalue weighted by Crippen LogP contribution is 2.28. The number of aliphatic hydroxyl groups excluding tert-OH is 1. The summed E-state index contributed by atoms with van der Waals surface area (Å²) in [6.07, 6.45) is 4.06. The van der Waals surface area contributed by atoms with Crippen LogP contribution in [0, 0.1) is 11.8 Å². The maximum Gasteiger partial charge on any atom is 0.316 e. The first-order valence-corrected chi connectivity index (χ1v) is 9.22. The average Bonchev–Trinajstić information content (AvgIpc) is 2.56. The van der Waals surface area contributed by atoms with Crippen molar-refractivity contribution in [2.75, 3.05) is 6.61 Å². The van der Waals surface area contributed by atoms with Crippen LogP contribution in [0.1, 0.15) is 47.0 Å². The molecule has 1 aliphatic rings. The zero-order chi connectivity index (χ0) is 20.1. The third kappa shape index (κ3) is 5.79. The average molecular weight is 385 g/mol. The number of hydrogen-bond donors (Lipinski definition) is 2. The molecule has 0 aromatic carbocycles. The quantitative estimate of drug-likeness (QED) is 0.563. The van der Waals surface area contributed by atoms with Crippen LogP contribution in [0.5, 0.6) is 0 Å². The van der Waals surface area contributed by atoms with E-state index >= 15 is 0 Å². The van der Waals surface area contributed by atoms with Gasteiger partial charge in [0, 0.05) is 11.5 Å². The Kier molecular flexibility index (Phi) is 8.25. The standard InChI is InChI=1S/C20H29ClO5/c1-6-17-14(4)8-12(2)7-13(3)9-16(21)10-20(25,11-22)18(23)15(5)19(24)26-17/h8-9,13,15,17,22,25H,2,6-7,10-11H2,1,3-5H3/b14-8+,16-9+/t13-,15+,17-,20-/m0/s1. The molecule has 6 heteroatoms. The van der Waals surface area contributed by atoms with Crippen LogP contribution in [0.15, 0.2) is 34.9 Å². The Bertz CT molecular complexity index is 622. The molecule has 0 spiro atoms. The van der Waals surface area contributed by atoms with E-state index in [9.17, 15) is 19.8 Å². The van der Waals surface area contributed by atoms with Crippen molar-refractivity contribution in [2.24, 2.45) is 11.8 Å². The van der Waals surface area contributed by atoms with Crippen LogP contribution in [-0.2, 0) is 14.3 Å². The van der Waals surface area contributed by atoms with Gasteiger partial charge in [-0.05, 0) is 38.2 Å². The highest BCUT2D eigenvalue weighted by atomic mass is 35.5. The lowest BCUT2D eigenvalue weighted by molar-refractivity contribution is -0.161. The van der Waals surface area contributed by atoms with Gasteiger partial charge in [0.05, 0.1) is 6.61 Å². The lowest BCUT2D eigenvalue weighted by atomic mass is 9.86. The first kappa shape index (κ1) is 22.6. The number of Topliss-reactive ketones (excluding diaryl/α,β-unsaturated/α-hetero) is 1. The van der Waals surface area contributed by atoms with Crippen molar-refractivity contribution < 1.29 is 24.5 Å². The normalized spacial score (nSPS) is 36.4. The number of aliphatic hydroxyl groups is 2. The number of hydrogen-bond acceptors (Lipinski definition) is 5. The molecule has 0 saturated heterocycles. The second-order valence-electron chi connectivity index (χ2n) is 7.13. The maximum atomic E-state index is 12.6. The van der Waals surface area contributed by atoms with Crippen LogP contribution in [-0.4, -0.2) is 40.3 Å². The molecule has 4 atom stereocenters. The minimum absolute atomic E-state index is 0.0279. The molecule has 1 rings (SSSR count). The van der Waals surface area contributed by atoms with Gasteiger partial charge >= 0.3 is 5.97 Å². The summed E-state index contributed by atoms with van der Waals surface area (Å²) in [6, 6.07) is 0. The highest BCUT2D eigenvalue weighted by molar-refractivity contribution is 6.29. The van der Waals surface area contributed by atoms with E-state index in [1.807, 2.05) is 26.8 Å². The lowest BCUT2D eigenvalue weighted by Gasteiger charge is -2.28. The highest BCUT2D eigenvalue weighted by Gasteiger charge is 2.42. The van der Waals surface area contributed by atoms with E-state index in [1.54, 1.807) is 6.08 Å². The van der Waals surface area contributed by atoms with Crippen molar-refractivity contribution in [3.05, 3.63) is 34.9 Å². The number of ether oxygens (including phenoxy) is 1. The molecule has 0 radical (unpaired) electrons. The fraction of sp³-hybridized carbons (Fsp3) is 0.600. The third-order valence-corrected chi connectivity index (χ3v) is 4.81. The number of allylic oxidation sites excluding steroid dienone is 3. The number of esters is 1. The predicted molar refractivity (Wildman–Crippen MR) is 102 cm³/mol.